The van der Waals surface area contributed by atoms with Crippen LogP contribution < -0.4 is 11.3 Å². The Morgan fingerprint density at radius 1 is 1.27 bits per heavy atom. The number of nitrogens with one attached hydrogen (secondary N) is 1. The van der Waals surface area contributed by atoms with Crippen molar-refractivity contribution in [2.45, 2.75) is 18.9 Å². The summed E-state index contributed by atoms with van der Waals surface area (Å²) < 4.78 is 0. The molecule has 0 amide bonds. The fourth-order valence-corrected chi connectivity index (χ4v) is 1.65. The molecule has 0 fully saturated rings. The van der Waals surface area contributed by atoms with Crippen LogP contribution in [0.5, 0.6) is 0 Å². The zero-order chi connectivity index (χ0) is 11.1. The summed E-state index contributed by atoms with van der Waals surface area (Å²) in [6, 6.07) is 10.9. The van der Waals surface area contributed by atoms with Gasteiger partial charge in [0, 0.05) is 12.6 Å². The van der Waals surface area contributed by atoms with Gasteiger partial charge in [-0.25, -0.2) is 0 Å². The number of nitrogens with two attached hydrogens (primary N) is 1. The van der Waals surface area contributed by atoms with Crippen molar-refractivity contribution in [3.05, 3.63) is 35.9 Å². The average molecular weight is 207 g/mol. The summed E-state index contributed by atoms with van der Waals surface area (Å²) >= 11 is 0. The molecule has 0 aromatic heterocycles. The Morgan fingerprint density at radius 2 is 1.93 bits per heavy atom. The number of hydrazine groups is 1. The smallest absolute Gasteiger partial charge is 0.0340 e. The molecule has 3 N–H and O–H groups in total. The Labute approximate surface area is 92.2 Å². The zero-order valence-electron chi connectivity index (χ0n) is 9.61. The second-order valence-electron chi connectivity index (χ2n) is 4.15. The fraction of sp³-hybridized carbons (Fsp3) is 0.500. The van der Waals surface area contributed by atoms with E-state index in [-0.39, 0.29) is 0 Å². The van der Waals surface area contributed by atoms with Gasteiger partial charge in [-0.2, -0.15) is 0 Å². The van der Waals surface area contributed by atoms with Crippen LogP contribution >= 0.6 is 0 Å². The Hall–Kier alpha value is -0.900. The first kappa shape index (κ1) is 12.2. The average Bonchev–Trinajstić information content (AvgIpc) is 2.25. The van der Waals surface area contributed by atoms with Crippen molar-refractivity contribution >= 4 is 0 Å². The number of aryl methyl sites for hydroxylation is 1. The molecule has 1 unspecified atom stereocenters. The van der Waals surface area contributed by atoms with Crippen LogP contribution in [0, 0.1) is 0 Å². The van der Waals surface area contributed by atoms with Crippen molar-refractivity contribution < 1.29 is 0 Å². The standard InChI is InChI=1S/C12H21N3/c1-15(2)10-12(14-13)9-8-11-6-4-3-5-7-11/h3-7,12,14H,8-10,13H2,1-2H3. The molecule has 0 saturated heterocycles. The lowest BCUT2D eigenvalue weighted by Crippen LogP contribution is -2.42. The van der Waals surface area contributed by atoms with Crippen molar-refractivity contribution in [1.29, 1.82) is 0 Å². The number of likely N-dealkylation sites (N-methyl/N-ethyl adjacent to an activating group) is 1. The molecule has 0 aliphatic heterocycles. The molecule has 0 heterocycles. The lowest BCUT2D eigenvalue weighted by molar-refractivity contribution is 0.329. The molecule has 1 aromatic carbocycles. The van der Waals surface area contributed by atoms with Crippen LogP contribution in [0.15, 0.2) is 30.3 Å². The van der Waals surface area contributed by atoms with E-state index >= 15 is 0 Å². The van der Waals surface area contributed by atoms with Crippen LogP contribution in [0.25, 0.3) is 0 Å². The van der Waals surface area contributed by atoms with Gasteiger partial charge in [0.05, 0.1) is 0 Å². The van der Waals surface area contributed by atoms with Gasteiger partial charge in [-0.15, -0.1) is 0 Å². The summed E-state index contributed by atoms with van der Waals surface area (Å²) in [6.45, 7) is 0.976. The van der Waals surface area contributed by atoms with Crippen LogP contribution in [-0.2, 0) is 6.42 Å². The lowest BCUT2D eigenvalue weighted by atomic mass is 10.1. The molecule has 1 aromatic rings. The number of nitrogens with zero attached hydrogens (tertiary/aromatic N) is 1. The maximum absolute atomic E-state index is 5.51. The molecule has 0 aliphatic rings. The quantitative estimate of drug-likeness (QED) is 0.540. The predicted molar refractivity (Wildman–Crippen MR) is 64.4 cm³/mol. The first-order chi connectivity index (χ1) is 7.22. The molecule has 0 spiro atoms. The molecule has 3 nitrogen and oxygen atoms in total. The van der Waals surface area contributed by atoms with Crippen LogP contribution in [0.1, 0.15) is 12.0 Å². The van der Waals surface area contributed by atoms with E-state index in [2.05, 4.69) is 48.7 Å². The third-order valence-corrected chi connectivity index (χ3v) is 2.45. The third kappa shape index (κ3) is 4.93. The maximum Gasteiger partial charge on any atom is 0.0340 e. The minimum absolute atomic E-state index is 0.361. The number of benzene rings is 1. The van der Waals surface area contributed by atoms with Gasteiger partial charge < -0.3 is 4.90 Å². The van der Waals surface area contributed by atoms with Crippen molar-refractivity contribution in [2.75, 3.05) is 20.6 Å². The van der Waals surface area contributed by atoms with Crippen molar-refractivity contribution in [3.8, 4) is 0 Å². The van der Waals surface area contributed by atoms with E-state index in [0.29, 0.717) is 6.04 Å². The first-order valence-corrected chi connectivity index (χ1v) is 5.37. The second-order valence-corrected chi connectivity index (χ2v) is 4.15. The molecule has 0 saturated carbocycles. The molecular weight excluding hydrogens is 186 g/mol. The van der Waals surface area contributed by atoms with Crippen LogP contribution in [0.2, 0.25) is 0 Å². The first-order valence-electron chi connectivity index (χ1n) is 5.37. The van der Waals surface area contributed by atoms with Crippen molar-refractivity contribution in [3.63, 3.8) is 0 Å². The lowest BCUT2D eigenvalue weighted by Gasteiger charge is -2.20. The zero-order valence-corrected chi connectivity index (χ0v) is 9.61. The van der Waals surface area contributed by atoms with E-state index in [0.717, 1.165) is 19.4 Å². The SMILES string of the molecule is CN(C)CC(CCc1ccccc1)NN. The van der Waals surface area contributed by atoms with Gasteiger partial charge in [-0.3, -0.25) is 11.3 Å². The summed E-state index contributed by atoms with van der Waals surface area (Å²) in [5.74, 6) is 5.51. The van der Waals surface area contributed by atoms with E-state index < -0.39 is 0 Å². The Bertz CT molecular complexity index is 259. The molecule has 84 valence electrons. The van der Waals surface area contributed by atoms with Gasteiger partial charge in [0.15, 0.2) is 0 Å². The molecule has 3 heteroatoms. The molecule has 0 aliphatic carbocycles. The van der Waals surface area contributed by atoms with Gasteiger partial charge in [0.2, 0.25) is 0 Å². The van der Waals surface area contributed by atoms with Gasteiger partial charge in [0.1, 0.15) is 0 Å². The van der Waals surface area contributed by atoms with Crippen LogP contribution in [0.3, 0.4) is 0 Å². The molecule has 0 bridgehead atoms. The Kier molecular flexibility index (Phi) is 5.32. The molecular formula is C12H21N3. The summed E-state index contributed by atoms with van der Waals surface area (Å²) in [7, 11) is 4.12. The van der Waals surface area contributed by atoms with Gasteiger partial charge in [-0.1, -0.05) is 30.3 Å². The van der Waals surface area contributed by atoms with E-state index in [1.165, 1.54) is 5.56 Å². The van der Waals surface area contributed by atoms with Crippen molar-refractivity contribution in [1.82, 2.24) is 10.3 Å². The third-order valence-electron chi connectivity index (χ3n) is 2.45. The molecule has 0 radical (unpaired) electrons. The fourth-order valence-electron chi connectivity index (χ4n) is 1.65. The van der Waals surface area contributed by atoms with E-state index in [1.54, 1.807) is 0 Å². The normalized spacial score (nSPS) is 13.1. The number of hydrogen-bond donors (Lipinski definition) is 2. The molecule has 1 atom stereocenters. The largest absolute Gasteiger partial charge is 0.308 e. The summed E-state index contributed by atoms with van der Waals surface area (Å²) in [5.41, 5.74) is 4.23. The highest BCUT2D eigenvalue weighted by atomic mass is 15.3. The Balaban J connectivity index is 2.34. The summed E-state index contributed by atoms with van der Waals surface area (Å²) in [6.07, 6.45) is 2.14. The topological polar surface area (TPSA) is 41.3 Å². The van der Waals surface area contributed by atoms with Crippen LogP contribution in [0.4, 0.5) is 0 Å². The highest BCUT2D eigenvalue weighted by molar-refractivity contribution is 5.14. The Morgan fingerprint density at radius 3 is 2.47 bits per heavy atom. The molecule has 15 heavy (non-hydrogen) atoms. The van der Waals surface area contributed by atoms with E-state index in [4.69, 9.17) is 5.84 Å². The summed E-state index contributed by atoms with van der Waals surface area (Å²) in [5, 5.41) is 0. The second kappa shape index (κ2) is 6.56. The minimum atomic E-state index is 0.361. The van der Waals surface area contributed by atoms with Gasteiger partial charge in [0.25, 0.3) is 0 Å². The highest BCUT2D eigenvalue weighted by Crippen LogP contribution is 2.04. The van der Waals surface area contributed by atoms with Crippen LogP contribution in [-0.4, -0.2) is 31.6 Å². The predicted octanol–water partition coefficient (Wildman–Crippen LogP) is 1.01. The molecule has 1 rings (SSSR count). The van der Waals surface area contributed by atoms with E-state index in [9.17, 15) is 0 Å². The summed E-state index contributed by atoms with van der Waals surface area (Å²) in [4.78, 5) is 2.15. The van der Waals surface area contributed by atoms with Gasteiger partial charge in [-0.05, 0) is 32.5 Å². The maximum atomic E-state index is 5.51. The van der Waals surface area contributed by atoms with Crippen molar-refractivity contribution in [2.24, 2.45) is 5.84 Å². The van der Waals surface area contributed by atoms with E-state index in [1.807, 2.05) is 6.07 Å². The highest BCUT2D eigenvalue weighted by Gasteiger charge is 2.07. The number of hydrogen-bond acceptors (Lipinski definition) is 3. The minimum Gasteiger partial charge on any atom is -0.308 e. The van der Waals surface area contributed by atoms with Gasteiger partial charge >= 0.3 is 0 Å². The monoisotopic (exact) mass is 207 g/mol. The number of rotatable bonds is 6.